The Balaban J connectivity index is 2.14. The summed E-state index contributed by atoms with van der Waals surface area (Å²) < 4.78 is 5.70. The summed E-state index contributed by atoms with van der Waals surface area (Å²) in [6.07, 6.45) is 6.43. The Morgan fingerprint density at radius 2 is 2.37 bits per heavy atom. The van der Waals surface area contributed by atoms with E-state index in [0.717, 1.165) is 31.2 Å². The predicted octanol–water partition coefficient (Wildman–Crippen LogP) is 2.52. The number of nitrogens with one attached hydrogen (secondary N) is 2. The van der Waals surface area contributed by atoms with Crippen LogP contribution in [0.4, 0.5) is 5.95 Å². The number of allylic oxidation sites excluding steroid dienone is 1. The van der Waals surface area contributed by atoms with Gasteiger partial charge in [-0.2, -0.15) is 15.1 Å². The van der Waals surface area contributed by atoms with Crippen molar-refractivity contribution in [3.05, 3.63) is 18.9 Å². The number of anilines is 1. The van der Waals surface area contributed by atoms with Gasteiger partial charge in [0.15, 0.2) is 5.65 Å². The standard InChI is InChI=1S/C13H19N5O/c1-3-5-6-8-19-12-10-9-15-18-11(10)16-13(17-12)14-7-4-2/h3,9H,1,4-8H2,2H3,(H2,14,15,16,17,18). The molecule has 0 spiro atoms. The number of hydrogen-bond acceptors (Lipinski definition) is 5. The quantitative estimate of drug-likeness (QED) is 0.564. The molecule has 2 aromatic rings. The van der Waals surface area contributed by atoms with E-state index in [2.05, 4.69) is 39.0 Å². The maximum absolute atomic E-state index is 5.70. The number of H-pyrrole nitrogens is 1. The molecule has 0 amide bonds. The van der Waals surface area contributed by atoms with Gasteiger partial charge in [0.2, 0.25) is 11.8 Å². The predicted molar refractivity (Wildman–Crippen MR) is 75.4 cm³/mol. The first-order valence-corrected chi connectivity index (χ1v) is 6.53. The summed E-state index contributed by atoms with van der Waals surface area (Å²) in [4.78, 5) is 8.72. The molecule has 0 saturated heterocycles. The molecule has 6 nitrogen and oxygen atoms in total. The van der Waals surface area contributed by atoms with Crippen LogP contribution in [0, 0.1) is 0 Å². The molecule has 0 saturated carbocycles. The van der Waals surface area contributed by atoms with Crippen LogP contribution in [-0.4, -0.2) is 33.3 Å². The van der Waals surface area contributed by atoms with Crippen molar-refractivity contribution in [2.24, 2.45) is 0 Å². The minimum Gasteiger partial charge on any atom is -0.477 e. The number of rotatable bonds is 8. The van der Waals surface area contributed by atoms with Crippen LogP contribution >= 0.6 is 0 Å². The Bertz CT molecular complexity index is 537. The molecule has 0 bridgehead atoms. The van der Waals surface area contributed by atoms with Crippen LogP contribution in [0.3, 0.4) is 0 Å². The minimum absolute atomic E-state index is 0.567. The van der Waals surface area contributed by atoms with Crippen molar-refractivity contribution in [3.8, 4) is 5.88 Å². The molecular formula is C13H19N5O. The van der Waals surface area contributed by atoms with E-state index in [1.165, 1.54) is 0 Å². The van der Waals surface area contributed by atoms with E-state index in [4.69, 9.17) is 4.74 Å². The second-order valence-electron chi connectivity index (χ2n) is 4.19. The highest BCUT2D eigenvalue weighted by Gasteiger charge is 2.10. The molecule has 2 heterocycles. The fraction of sp³-hybridized carbons (Fsp3) is 0.462. The van der Waals surface area contributed by atoms with Crippen molar-refractivity contribution in [2.45, 2.75) is 26.2 Å². The maximum Gasteiger partial charge on any atom is 0.229 e. The first kappa shape index (κ1) is 13.3. The Kier molecular flexibility index (Phi) is 4.72. The van der Waals surface area contributed by atoms with Crippen LogP contribution in [-0.2, 0) is 0 Å². The highest BCUT2D eigenvalue weighted by Crippen LogP contribution is 2.22. The summed E-state index contributed by atoms with van der Waals surface area (Å²) >= 11 is 0. The molecule has 0 aliphatic carbocycles. The highest BCUT2D eigenvalue weighted by molar-refractivity contribution is 5.80. The third-order valence-electron chi connectivity index (χ3n) is 2.60. The Morgan fingerprint density at radius 3 is 3.16 bits per heavy atom. The average Bonchev–Trinajstić information content (AvgIpc) is 2.89. The lowest BCUT2D eigenvalue weighted by Gasteiger charge is -2.08. The Hall–Kier alpha value is -2.11. The van der Waals surface area contributed by atoms with E-state index in [1.807, 2.05) is 6.08 Å². The van der Waals surface area contributed by atoms with Crippen molar-refractivity contribution in [1.82, 2.24) is 20.2 Å². The summed E-state index contributed by atoms with van der Waals surface area (Å²) in [6, 6.07) is 0. The molecular weight excluding hydrogens is 242 g/mol. The van der Waals surface area contributed by atoms with Gasteiger partial charge in [-0.3, -0.25) is 5.10 Å². The van der Waals surface area contributed by atoms with Crippen molar-refractivity contribution < 1.29 is 4.74 Å². The molecule has 0 radical (unpaired) electrons. The van der Waals surface area contributed by atoms with Crippen LogP contribution in [0.1, 0.15) is 26.2 Å². The van der Waals surface area contributed by atoms with Crippen LogP contribution in [0.25, 0.3) is 11.0 Å². The van der Waals surface area contributed by atoms with Crippen LogP contribution in [0.15, 0.2) is 18.9 Å². The Morgan fingerprint density at radius 1 is 1.47 bits per heavy atom. The number of ether oxygens (including phenoxy) is 1. The van der Waals surface area contributed by atoms with Gasteiger partial charge < -0.3 is 10.1 Å². The molecule has 0 aromatic carbocycles. The third kappa shape index (κ3) is 3.43. The lowest BCUT2D eigenvalue weighted by molar-refractivity contribution is 0.304. The van der Waals surface area contributed by atoms with E-state index < -0.39 is 0 Å². The molecule has 2 N–H and O–H groups in total. The van der Waals surface area contributed by atoms with E-state index in [1.54, 1.807) is 6.20 Å². The van der Waals surface area contributed by atoms with Gasteiger partial charge in [-0.25, -0.2) is 0 Å². The number of nitrogens with zero attached hydrogens (tertiary/aromatic N) is 3. The summed E-state index contributed by atoms with van der Waals surface area (Å²) in [6.45, 7) is 7.22. The number of hydrogen-bond donors (Lipinski definition) is 2. The second kappa shape index (κ2) is 6.72. The molecule has 102 valence electrons. The van der Waals surface area contributed by atoms with Gasteiger partial charge >= 0.3 is 0 Å². The van der Waals surface area contributed by atoms with Gasteiger partial charge in [-0.05, 0) is 19.3 Å². The van der Waals surface area contributed by atoms with Gasteiger partial charge in [0.25, 0.3) is 0 Å². The zero-order chi connectivity index (χ0) is 13.5. The first-order valence-electron chi connectivity index (χ1n) is 6.53. The topological polar surface area (TPSA) is 75.7 Å². The maximum atomic E-state index is 5.70. The normalized spacial score (nSPS) is 10.6. The first-order chi connectivity index (χ1) is 9.35. The lowest BCUT2D eigenvalue weighted by Crippen LogP contribution is -2.07. The van der Waals surface area contributed by atoms with E-state index >= 15 is 0 Å². The van der Waals surface area contributed by atoms with Crippen LogP contribution < -0.4 is 10.1 Å². The molecule has 2 rings (SSSR count). The van der Waals surface area contributed by atoms with Crippen LogP contribution in [0.2, 0.25) is 0 Å². The zero-order valence-corrected chi connectivity index (χ0v) is 11.1. The average molecular weight is 261 g/mol. The summed E-state index contributed by atoms with van der Waals surface area (Å²) in [5.74, 6) is 1.14. The van der Waals surface area contributed by atoms with Gasteiger partial charge in [-0.1, -0.05) is 13.0 Å². The largest absolute Gasteiger partial charge is 0.477 e. The van der Waals surface area contributed by atoms with E-state index in [9.17, 15) is 0 Å². The summed E-state index contributed by atoms with van der Waals surface area (Å²) in [5.41, 5.74) is 0.687. The molecule has 0 aliphatic heterocycles. The molecule has 2 aromatic heterocycles. The van der Waals surface area contributed by atoms with Gasteiger partial charge in [0.1, 0.15) is 5.39 Å². The molecule has 0 aliphatic rings. The van der Waals surface area contributed by atoms with E-state index in [0.29, 0.717) is 24.1 Å². The van der Waals surface area contributed by atoms with Gasteiger partial charge in [0.05, 0.1) is 12.8 Å². The monoisotopic (exact) mass is 261 g/mol. The fourth-order valence-electron chi connectivity index (χ4n) is 1.63. The number of aromatic amines is 1. The minimum atomic E-state index is 0.567. The molecule has 0 fully saturated rings. The highest BCUT2D eigenvalue weighted by atomic mass is 16.5. The van der Waals surface area contributed by atoms with Gasteiger partial charge in [0, 0.05) is 6.54 Å². The zero-order valence-electron chi connectivity index (χ0n) is 11.1. The SMILES string of the molecule is C=CCCCOc1nc(NCCC)nc2[nH]ncc12. The smallest absolute Gasteiger partial charge is 0.229 e. The molecule has 0 atom stereocenters. The fourth-order valence-corrected chi connectivity index (χ4v) is 1.63. The lowest BCUT2D eigenvalue weighted by atomic mass is 10.3. The van der Waals surface area contributed by atoms with E-state index in [-0.39, 0.29) is 0 Å². The van der Waals surface area contributed by atoms with Crippen LogP contribution in [0.5, 0.6) is 5.88 Å². The van der Waals surface area contributed by atoms with Crippen molar-refractivity contribution in [1.29, 1.82) is 0 Å². The third-order valence-corrected chi connectivity index (χ3v) is 2.60. The van der Waals surface area contributed by atoms with Crippen molar-refractivity contribution >= 4 is 17.0 Å². The molecule has 0 unspecified atom stereocenters. The molecule has 19 heavy (non-hydrogen) atoms. The second-order valence-corrected chi connectivity index (χ2v) is 4.19. The van der Waals surface area contributed by atoms with Gasteiger partial charge in [-0.15, -0.1) is 6.58 Å². The number of aromatic nitrogens is 4. The molecule has 6 heteroatoms. The Labute approximate surface area is 112 Å². The number of fused-ring (bicyclic) bond motifs is 1. The van der Waals surface area contributed by atoms with Crippen molar-refractivity contribution in [2.75, 3.05) is 18.5 Å². The summed E-state index contributed by atoms with van der Waals surface area (Å²) in [7, 11) is 0. The summed E-state index contributed by atoms with van der Waals surface area (Å²) in [5, 5.41) is 10.8. The number of unbranched alkanes of at least 4 members (excludes halogenated alkanes) is 1. The van der Waals surface area contributed by atoms with Crippen molar-refractivity contribution in [3.63, 3.8) is 0 Å².